The Morgan fingerprint density at radius 2 is 2.07 bits per heavy atom. The molecular weight excluding hydrogens is 477 g/mol. The van der Waals surface area contributed by atoms with E-state index in [1.165, 1.54) is 4.88 Å². The van der Waals surface area contributed by atoms with Gasteiger partial charge in [0.15, 0.2) is 5.96 Å². The Hall–Kier alpha value is -1.46. The third kappa shape index (κ3) is 8.39. The molecule has 0 spiro atoms. The summed E-state index contributed by atoms with van der Waals surface area (Å²) < 4.78 is 10.7. The normalized spacial score (nSPS) is 11.0. The fourth-order valence-electron chi connectivity index (χ4n) is 2.15. The van der Waals surface area contributed by atoms with Crippen molar-refractivity contribution in [2.45, 2.75) is 33.4 Å². The Labute approximate surface area is 182 Å². The van der Waals surface area contributed by atoms with E-state index < -0.39 is 0 Å². The van der Waals surface area contributed by atoms with E-state index in [1.807, 2.05) is 25.3 Å². The quantitative estimate of drug-likeness (QED) is 0.224. The number of methoxy groups -OCH3 is 1. The average molecular weight is 505 g/mol. The van der Waals surface area contributed by atoms with E-state index in [2.05, 4.69) is 32.5 Å². The summed E-state index contributed by atoms with van der Waals surface area (Å²) in [6, 6.07) is 3.85. The van der Waals surface area contributed by atoms with Crippen molar-refractivity contribution in [1.29, 1.82) is 0 Å². The Morgan fingerprint density at radius 1 is 1.22 bits per heavy atom. The van der Waals surface area contributed by atoms with E-state index in [0.717, 1.165) is 29.5 Å². The van der Waals surface area contributed by atoms with Gasteiger partial charge in [0.05, 0.1) is 19.7 Å². The van der Waals surface area contributed by atoms with Crippen LogP contribution in [0.2, 0.25) is 0 Å². The molecule has 2 heterocycles. The van der Waals surface area contributed by atoms with Gasteiger partial charge in [-0.1, -0.05) is 13.0 Å². The minimum atomic E-state index is 0. The highest BCUT2D eigenvalue weighted by Gasteiger charge is 2.06. The van der Waals surface area contributed by atoms with Crippen molar-refractivity contribution in [3.05, 3.63) is 40.0 Å². The molecule has 0 unspecified atom stereocenters. The molecule has 0 saturated carbocycles. The number of aliphatic imine (C=N–C) groups is 1. The van der Waals surface area contributed by atoms with Crippen LogP contribution in [0, 0.1) is 0 Å². The van der Waals surface area contributed by atoms with Crippen molar-refractivity contribution in [3.8, 4) is 5.88 Å². The third-order valence-electron chi connectivity index (χ3n) is 3.48. The number of rotatable bonds is 10. The van der Waals surface area contributed by atoms with Crippen molar-refractivity contribution in [1.82, 2.24) is 20.6 Å². The van der Waals surface area contributed by atoms with Gasteiger partial charge >= 0.3 is 0 Å². The molecule has 9 heteroatoms. The highest BCUT2D eigenvalue weighted by Crippen LogP contribution is 2.15. The zero-order valence-electron chi connectivity index (χ0n) is 16.0. The van der Waals surface area contributed by atoms with E-state index in [0.29, 0.717) is 32.2 Å². The lowest BCUT2D eigenvalue weighted by atomic mass is 10.3. The summed E-state index contributed by atoms with van der Waals surface area (Å²) in [5.41, 5.74) is 0.934. The van der Waals surface area contributed by atoms with Crippen molar-refractivity contribution < 1.29 is 9.47 Å². The largest absolute Gasteiger partial charge is 0.475 e. The summed E-state index contributed by atoms with van der Waals surface area (Å²) >= 11 is 1.72. The van der Waals surface area contributed by atoms with Crippen molar-refractivity contribution in [2.24, 2.45) is 4.99 Å². The first-order valence-corrected chi connectivity index (χ1v) is 9.59. The van der Waals surface area contributed by atoms with Crippen LogP contribution in [0.15, 0.2) is 29.5 Å². The van der Waals surface area contributed by atoms with E-state index in [1.54, 1.807) is 24.6 Å². The second kappa shape index (κ2) is 13.7. The fraction of sp³-hybridized carbons (Fsp3) is 0.500. The molecule has 0 bridgehead atoms. The number of guanidine groups is 1. The number of ether oxygens (including phenoxy) is 2. The van der Waals surface area contributed by atoms with Gasteiger partial charge in [0.1, 0.15) is 11.6 Å². The number of aryl methyl sites for hydroxylation is 1. The van der Waals surface area contributed by atoms with E-state index in [4.69, 9.17) is 9.47 Å². The molecule has 0 atom stereocenters. The molecule has 0 aliphatic carbocycles. The molecule has 2 N–H and O–H groups in total. The van der Waals surface area contributed by atoms with E-state index >= 15 is 0 Å². The summed E-state index contributed by atoms with van der Waals surface area (Å²) in [5, 5.41) is 7.63. The van der Waals surface area contributed by atoms with Crippen LogP contribution in [-0.2, 0) is 24.2 Å². The minimum absolute atomic E-state index is 0. The van der Waals surface area contributed by atoms with Crippen LogP contribution < -0.4 is 15.4 Å². The van der Waals surface area contributed by atoms with E-state index in [-0.39, 0.29) is 24.0 Å². The summed E-state index contributed by atoms with van der Waals surface area (Å²) in [6.45, 7) is 7.08. The van der Waals surface area contributed by atoms with E-state index in [9.17, 15) is 0 Å². The van der Waals surface area contributed by atoms with Crippen LogP contribution in [0.1, 0.15) is 29.3 Å². The number of nitrogens with one attached hydrogen (secondary N) is 2. The zero-order chi connectivity index (χ0) is 18.6. The van der Waals surface area contributed by atoms with Gasteiger partial charge in [-0.05, 0) is 19.4 Å². The molecule has 7 nitrogen and oxygen atoms in total. The van der Waals surface area contributed by atoms with Gasteiger partial charge in [-0.25, -0.2) is 15.0 Å². The number of hydrogen-bond acceptors (Lipinski definition) is 6. The van der Waals surface area contributed by atoms with Gasteiger partial charge in [0.2, 0.25) is 5.88 Å². The summed E-state index contributed by atoms with van der Waals surface area (Å²) in [4.78, 5) is 14.6. The van der Waals surface area contributed by atoms with Gasteiger partial charge in [0.25, 0.3) is 0 Å². The molecule has 0 aromatic carbocycles. The Balaban J connectivity index is 0.00000364. The lowest BCUT2D eigenvalue weighted by Crippen LogP contribution is -2.36. The van der Waals surface area contributed by atoms with Crippen molar-refractivity contribution >= 4 is 41.3 Å². The summed E-state index contributed by atoms with van der Waals surface area (Å²) in [7, 11) is 1.65. The highest BCUT2D eigenvalue weighted by atomic mass is 127. The molecular formula is C18H28IN5O2S. The molecule has 0 saturated heterocycles. The molecule has 0 aliphatic heterocycles. The predicted octanol–water partition coefficient (Wildman–Crippen LogP) is 3.00. The maximum atomic E-state index is 5.66. The third-order valence-corrected chi connectivity index (χ3v) is 4.63. The molecule has 27 heavy (non-hydrogen) atoms. The van der Waals surface area contributed by atoms with Gasteiger partial charge in [-0.2, -0.15) is 0 Å². The van der Waals surface area contributed by atoms with Crippen LogP contribution in [0.5, 0.6) is 5.88 Å². The number of halogens is 1. The molecule has 2 aromatic heterocycles. The Kier molecular flexibility index (Phi) is 11.9. The summed E-state index contributed by atoms with van der Waals surface area (Å²) in [6.07, 6.45) is 4.66. The number of pyridine rings is 1. The highest BCUT2D eigenvalue weighted by molar-refractivity contribution is 14.0. The molecule has 0 amide bonds. The monoisotopic (exact) mass is 505 g/mol. The van der Waals surface area contributed by atoms with Gasteiger partial charge in [-0.3, -0.25) is 0 Å². The maximum Gasteiger partial charge on any atom is 0.218 e. The number of aromatic nitrogens is 2. The second-order valence-electron chi connectivity index (χ2n) is 5.43. The molecule has 150 valence electrons. The van der Waals surface area contributed by atoms with Crippen molar-refractivity contribution in [2.75, 3.05) is 26.9 Å². The summed E-state index contributed by atoms with van der Waals surface area (Å²) in [5.74, 6) is 1.34. The SMILES string of the molecule is CCNC(=NCc1cccnc1OCCOC)NCc1ncc(CC)s1.I. The molecule has 0 radical (unpaired) electrons. The molecule has 0 fully saturated rings. The van der Waals surface area contributed by atoms with Gasteiger partial charge in [-0.15, -0.1) is 35.3 Å². The van der Waals surface area contributed by atoms with Crippen molar-refractivity contribution in [3.63, 3.8) is 0 Å². The topological polar surface area (TPSA) is 80.7 Å². The number of nitrogens with zero attached hydrogens (tertiary/aromatic N) is 3. The Bertz CT molecular complexity index is 696. The van der Waals surface area contributed by atoms with Crippen LogP contribution >= 0.6 is 35.3 Å². The van der Waals surface area contributed by atoms with Gasteiger partial charge in [0, 0.05) is 36.5 Å². The van der Waals surface area contributed by atoms with Gasteiger partial charge < -0.3 is 20.1 Å². The minimum Gasteiger partial charge on any atom is -0.475 e. The fourth-order valence-corrected chi connectivity index (χ4v) is 2.96. The molecule has 0 aliphatic rings. The standard InChI is InChI=1S/C18H27N5O2S.HI/c1-4-15-12-21-16(26-15)13-23-18(19-5-2)22-11-14-7-6-8-20-17(14)25-10-9-24-3;/h6-8,12H,4-5,9-11,13H2,1-3H3,(H2,19,22,23);1H. The lowest BCUT2D eigenvalue weighted by Gasteiger charge is -2.11. The second-order valence-corrected chi connectivity index (χ2v) is 6.63. The maximum absolute atomic E-state index is 5.66. The molecule has 2 rings (SSSR count). The molecule has 2 aromatic rings. The predicted molar refractivity (Wildman–Crippen MR) is 120 cm³/mol. The smallest absolute Gasteiger partial charge is 0.218 e. The lowest BCUT2D eigenvalue weighted by molar-refractivity contribution is 0.143. The Morgan fingerprint density at radius 3 is 2.78 bits per heavy atom. The average Bonchev–Trinajstić information content (AvgIpc) is 3.13. The zero-order valence-corrected chi connectivity index (χ0v) is 19.2. The van der Waals surface area contributed by atoms with Crippen LogP contribution in [0.4, 0.5) is 0 Å². The van der Waals surface area contributed by atoms with Crippen LogP contribution in [0.3, 0.4) is 0 Å². The first-order chi connectivity index (χ1) is 12.8. The number of thiazole rings is 1. The first-order valence-electron chi connectivity index (χ1n) is 8.78. The van der Waals surface area contributed by atoms with Crippen LogP contribution in [0.25, 0.3) is 0 Å². The number of hydrogen-bond donors (Lipinski definition) is 2. The van der Waals surface area contributed by atoms with Crippen LogP contribution in [-0.4, -0.2) is 42.8 Å². The first kappa shape index (κ1) is 23.6.